The maximum atomic E-state index is 12.8. The number of aryl methyl sites for hydroxylation is 1. The number of halogens is 3. The topological polar surface area (TPSA) is 12.5 Å². The first-order valence-corrected chi connectivity index (χ1v) is 6.86. The molecule has 0 aliphatic carbocycles. The summed E-state index contributed by atoms with van der Waals surface area (Å²) < 4.78 is 44.2. The minimum absolute atomic E-state index is 0.0267. The van der Waals surface area contributed by atoms with Crippen LogP contribution in [0.1, 0.15) is 31.4 Å². The van der Waals surface area contributed by atoms with Crippen molar-refractivity contribution in [3.63, 3.8) is 0 Å². The minimum Gasteiger partial charge on any atom is -0.489 e. The van der Waals surface area contributed by atoms with Gasteiger partial charge in [0.25, 0.3) is 0 Å². The van der Waals surface area contributed by atoms with Crippen LogP contribution in [0.4, 0.5) is 13.2 Å². The molecule has 2 rings (SSSR count). The Kier molecular flexibility index (Phi) is 4.28. The summed E-state index contributed by atoms with van der Waals surface area (Å²) in [6, 6.07) is 4.62. The smallest absolute Gasteiger partial charge is 0.416 e. The Labute approximate surface area is 117 Å². The first-order chi connectivity index (χ1) is 9.27. The van der Waals surface area contributed by atoms with Crippen LogP contribution in [0.2, 0.25) is 0 Å². The molecule has 1 unspecified atom stereocenters. The van der Waals surface area contributed by atoms with Crippen molar-refractivity contribution in [3.05, 3.63) is 29.3 Å². The summed E-state index contributed by atoms with van der Waals surface area (Å²) in [4.78, 5) is 2.27. The normalized spacial score (nSPS) is 20.6. The van der Waals surface area contributed by atoms with Gasteiger partial charge in [0, 0.05) is 19.1 Å². The van der Waals surface area contributed by atoms with E-state index in [9.17, 15) is 13.2 Å². The van der Waals surface area contributed by atoms with Crippen LogP contribution >= 0.6 is 0 Å². The van der Waals surface area contributed by atoms with Crippen LogP contribution in [0.5, 0.6) is 5.75 Å². The average Bonchev–Trinajstić information content (AvgIpc) is 2.79. The Morgan fingerprint density at radius 1 is 1.30 bits per heavy atom. The van der Waals surface area contributed by atoms with Gasteiger partial charge in [0.05, 0.1) is 5.56 Å². The van der Waals surface area contributed by atoms with Gasteiger partial charge in [-0.15, -0.1) is 0 Å². The lowest BCUT2D eigenvalue weighted by Crippen LogP contribution is -2.30. The fourth-order valence-electron chi connectivity index (χ4n) is 2.49. The molecule has 1 fully saturated rings. The Bertz CT molecular complexity index is 471. The van der Waals surface area contributed by atoms with E-state index in [4.69, 9.17) is 4.74 Å². The molecule has 0 bridgehead atoms. The molecule has 20 heavy (non-hydrogen) atoms. The van der Waals surface area contributed by atoms with Crippen LogP contribution in [0, 0.1) is 6.92 Å². The van der Waals surface area contributed by atoms with E-state index in [1.54, 1.807) is 6.07 Å². The van der Waals surface area contributed by atoms with Crippen LogP contribution < -0.4 is 4.74 Å². The van der Waals surface area contributed by atoms with Crippen LogP contribution in [0.3, 0.4) is 0 Å². The first-order valence-electron chi connectivity index (χ1n) is 6.86. The lowest BCUT2D eigenvalue weighted by atomic mass is 10.1. The van der Waals surface area contributed by atoms with Crippen LogP contribution in [0.15, 0.2) is 18.2 Å². The van der Waals surface area contributed by atoms with E-state index in [1.807, 2.05) is 0 Å². The SMILES string of the molecule is Cc1ccc(OC2CCN(C(C)C)C2)cc1C(F)(F)F. The molecule has 112 valence electrons. The van der Waals surface area contributed by atoms with Gasteiger partial charge in [-0.2, -0.15) is 13.2 Å². The Morgan fingerprint density at radius 3 is 2.55 bits per heavy atom. The number of hydrogen-bond acceptors (Lipinski definition) is 2. The summed E-state index contributed by atoms with van der Waals surface area (Å²) in [5.41, 5.74) is -0.395. The van der Waals surface area contributed by atoms with Gasteiger partial charge in [-0.3, -0.25) is 4.90 Å². The number of rotatable bonds is 3. The molecule has 1 aliphatic rings. The number of likely N-dealkylation sites (tertiary alicyclic amines) is 1. The zero-order valence-corrected chi connectivity index (χ0v) is 12.0. The maximum absolute atomic E-state index is 12.8. The molecular weight excluding hydrogens is 267 g/mol. The van der Waals surface area contributed by atoms with E-state index in [2.05, 4.69) is 18.7 Å². The third-order valence-electron chi connectivity index (χ3n) is 3.72. The largest absolute Gasteiger partial charge is 0.489 e. The van der Waals surface area contributed by atoms with Crippen molar-refractivity contribution in [2.75, 3.05) is 13.1 Å². The van der Waals surface area contributed by atoms with E-state index in [0.717, 1.165) is 25.6 Å². The summed E-state index contributed by atoms with van der Waals surface area (Å²) >= 11 is 0. The number of alkyl halides is 3. The minimum atomic E-state index is -4.33. The molecular formula is C15H20F3NO. The van der Waals surface area contributed by atoms with Gasteiger partial charge in [-0.1, -0.05) is 6.07 Å². The molecule has 1 aromatic carbocycles. The molecule has 0 spiro atoms. The second kappa shape index (κ2) is 5.64. The average molecular weight is 287 g/mol. The highest BCUT2D eigenvalue weighted by Crippen LogP contribution is 2.34. The molecule has 1 aliphatic heterocycles. The lowest BCUT2D eigenvalue weighted by molar-refractivity contribution is -0.138. The van der Waals surface area contributed by atoms with E-state index in [1.165, 1.54) is 13.0 Å². The van der Waals surface area contributed by atoms with Crippen molar-refractivity contribution in [1.29, 1.82) is 0 Å². The highest BCUT2D eigenvalue weighted by Gasteiger charge is 2.33. The Morgan fingerprint density at radius 2 is 2.00 bits per heavy atom. The molecule has 0 N–H and O–H groups in total. The summed E-state index contributed by atoms with van der Waals surface area (Å²) in [7, 11) is 0. The highest BCUT2D eigenvalue weighted by atomic mass is 19.4. The van der Waals surface area contributed by atoms with Crippen LogP contribution in [-0.2, 0) is 6.18 Å². The van der Waals surface area contributed by atoms with Crippen molar-refractivity contribution in [3.8, 4) is 5.75 Å². The van der Waals surface area contributed by atoms with Gasteiger partial charge < -0.3 is 4.74 Å². The Balaban J connectivity index is 2.08. The van der Waals surface area contributed by atoms with Crippen molar-refractivity contribution in [2.45, 2.75) is 45.5 Å². The van der Waals surface area contributed by atoms with E-state index in [0.29, 0.717) is 11.8 Å². The molecule has 1 atom stereocenters. The summed E-state index contributed by atoms with van der Waals surface area (Å²) in [6.07, 6.45) is -3.50. The van der Waals surface area contributed by atoms with E-state index < -0.39 is 11.7 Å². The molecule has 0 aromatic heterocycles. The van der Waals surface area contributed by atoms with Crippen molar-refractivity contribution >= 4 is 0 Å². The summed E-state index contributed by atoms with van der Waals surface area (Å²) in [5, 5.41) is 0. The van der Waals surface area contributed by atoms with Gasteiger partial charge >= 0.3 is 6.18 Å². The molecule has 1 aromatic rings. The van der Waals surface area contributed by atoms with E-state index in [-0.39, 0.29) is 11.7 Å². The standard InChI is InChI=1S/C15H20F3NO/c1-10(2)19-7-6-13(9-19)20-12-5-4-11(3)14(8-12)15(16,17)18/h4-5,8,10,13H,6-7,9H2,1-3H3. The molecule has 0 saturated carbocycles. The summed E-state index contributed by atoms with van der Waals surface area (Å²) in [5.74, 6) is 0.304. The van der Waals surface area contributed by atoms with Crippen LogP contribution in [-0.4, -0.2) is 30.1 Å². The molecule has 0 amide bonds. The molecule has 1 saturated heterocycles. The fraction of sp³-hybridized carbons (Fsp3) is 0.600. The van der Waals surface area contributed by atoms with Gasteiger partial charge in [-0.25, -0.2) is 0 Å². The predicted octanol–water partition coefficient (Wildman–Crippen LogP) is 3.88. The second-order valence-electron chi connectivity index (χ2n) is 5.59. The molecule has 5 heteroatoms. The maximum Gasteiger partial charge on any atom is 0.416 e. The third-order valence-corrected chi connectivity index (χ3v) is 3.72. The highest BCUT2D eigenvalue weighted by molar-refractivity contribution is 5.36. The Hall–Kier alpha value is -1.23. The number of ether oxygens (including phenoxy) is 1. The van der Waals surface area contributed by atoms with Crippen molar-refractivity contribution < 1.29 is 17.9 Å². The van der Waals surface area contributed by atoms with Gasteiger partial charge in [0.2, 0.25) is 0 Å². The van der Waals surface area contributed by atoms with Gasteiger partial charge in [0.15, 0.2) is 0 Å². The molecule has 2 nitrogen and oxygen atoms in total. The molecule has 1 heterocycles. The third kappa shape index (κ3) is 3.45. The van der Waals surface area contributed by atoms with E-state index >= 15 is 0 Å². The fourth-order valence-corrected chi connectivity index (χ4v) is 2.49. The van der Waals surface area contributed by atoms with Crippen LogP contribution in [0.25, 0.3) is 0 Å². The first kappa shape index (κ1) is 15.2. The number of nitrogens with zero attached hydrogens (tertiary/aromatic N) is 1. The number of benzene rings is 1. The zero-order chi connectivity index (χ0) is 14.9. The lowest BCUT2D eigenvalue weighted by Gasteiger charge is -2.21. The second-order valence-corrected chi connectivity index (χ2v) is 5.59. The quantitative estimate of drug-likeness (QED) is 0.836. The zero-order valence-electron chi connectivity index (χ0n) is 12.0. The summed E-state index contributed by atoms with van der Waals surface area (Å²) in [6.45, 7) is 7.38. The predicted molar refractivity (Wildman–Crippen MR) is 71.9 cm³/mol. The monoisotopic (exact) mass is 287 g/mol. The van der Waals surface area contributed by atoms with Crippen molar-refractivity contribution in [1.82, 2.24) is 4.90 Å². The van der Waals surface area contributed by atoms with Crippen molar-refractivity contribution in [2.24, 2.45) is 0 Å². The van der Waals surface area contributed by atoms with Gasteiger partial charge in [-0.05, 0) is 44.9 Å². The van der Waals surface area contributed by atoms with Gasteiger partial charge in [0.1, 0.15) is 11.9 Å². The number of hydrogen-bond donors (Lipinski definition) is 0. The molecule has 0 radical (unpaired) electrons.